The number of aryl methyl sites for hydroxylation is 1. The minimum atomic E-state index is 0.608. The first-order valence-corrected chi connectivity index (χ1v) is 6.06. The molecule has 1 unspecified atom stereocenters. The molecule has 1 atom stereocenters. The number of hydrogen-bond acceptors (Lipinski definition) is 1. The summed E-state index contributed by atoms with van der Waals surface area (Å²) >= 11 is 0. The molecule has 1 heteroatoms. The Morgan fingerprint density at radius 1 is 1.33 bits per heavy atom. The molecule has 1 aromatic rings. The van der Waals surface area contributed by atoms with E-state index in [-0.39, 0.29) is 0 Å². The van der Waals surface area contributed by atoms with E-state index in [1.807, 2.05) is 0 Å². The van der Waals surface area contributed by atoms with Crippen LogP contribution in [0.3, 0.4) is 0 Å². The predicted octanol–water partition coefficient (Wildman–Crippen LogP) is 3.07. The van der Waals surface area contributed by atoms with E-state index in [2.05, 4.69) is 43.4 Å². The fourth-order valence-electron chi connectivity index (χ4n) is 2.21. The number of hydrogen-bond donors (Lipinski definition) is 1. The molecule has 1 fully saturated rings. The highest BCUT2D eigenvalue weighted by molar-refractivity contribution is 5.26. The minimum Gasteiger partial charge on any atom is -0.311 e. The largest absolute Gasteiger partial charge is 0.311 e. The highest BCUT2D eigenvalue weighted by Crippen LogP contribution is 2.19. The van der Waals surface area contributed by atoms with Crippen LogP contribution in [0, 0.1) is 6.92 Å². The zero-order valence-electron chi connectivity index (χ0n) is 9.79. The normalized spacial score (nSPS) is 18.5. The third-order valence-electron chi connectivity index (χ3n) is 3.41. The topological polar surface area (TPSA) is 12.0 Å². The fourth-order valence-corrected chi connectivity index (χ4v) is 2.21. The van der Waals surface area contributed by atoms with Crippen LogP contribution < -0.4 is 5.32 Å². The third kappa shape index (κ3) is 2.82. The average molecular weight is 203 g/mol. The predicted molar refractivity (Wildman–Crippen MR) is 65.1 cm³/mol. The van der Waals surface area contributed by atoms with Crippen LogP contribution in [-0.2, 0) is 6.42 Å². The van der Waals surface area contributed by atoms with Gasteiger partial charge in [0.1, 0.15) is 0 Å². The molecule has 15 heavy (non-hydrogen) atoms. The van der Waals surface area contributed by atoms with Crippen LogP contribution in [0.25, 0.3) is 0 Å². The lowest BCUT2D eigenvalue weighted by Gasteiger charge is -2.30. The van der Waals surface area contributed by atoms with E-state index in [1.165, 1.54) is 30.4 Å². The summed E-state index contributed by atoms with van der Waals surface area (Å²) < 4.78 is 0. The third-order valence-corrected chi connectivity index (χ3v) is 3.41. The molecule has 0 bridgehead atoms. The summed E-state index contributed by atoms with van der Waals surface area (Å²) in [5.41, 5.74) is 2.90. The van der Waals surface area contributed by atoms with Gasteiger partial charge in [0.05, 0.1) is 0 Å². The second-order valence-electron chi connectivity index (χ2n) is 4.83. The van der Waals surface area contributed by atoms with Crippen LogP contribution in [0.15, 0.2) is 24.3 Å². The van der Waals surface area contributed by atoms with Crippen molar-refractivity contribution in [3.05, 3.63) is 35.4 Å². The second kappa shape index (κ2) is 4.80. The van der Waals surface area contributed by atoms with E-state index < -0.39 is 0 Å². The number of benzene rings is 1. The maximum atomic E-state index is 3.69. The van der Waals surface area contributed by atoms with Crippen molar-refractivity contribution in [2.75, 3.05) is 0 Å². The maximum absolute atomic E-state index is 3.69. The molecule has 82 valence electrons. The first kappa shape index (κ1) is 10.7. The Morgan fingerprint density at radius 2 is 2.07 bits per heavy atom. The fraction of sp³-hybridized carbons (Fsp3) is 0.571. The summed E-state index contributed by atoms with van der Waals surface area (Å²) in [4.78, 5) is 0. The highest BCUT2D eigenvalue weighted by Gasteiger charge is 2.19. The van der Waals surface area contributed by atoms with Gasteiger partial charge >= 0.3 is 0 Å². The molecular weight excluding hydrogens is 182 g/mol. The van der Waals surface area contributed by atoms with Gasteiger partial charge in [-0.3, -0.25) is 0 Å². The standard InChI is InChI=1S/C14H21N/c1-11-6-3-4-7-13(11)10-12(2)15-14-8-5-9-14/h3-4,6-7,12,14-15H,5,8-10H2,1-2H3. The Kier molecular flexibility index (Phi) is 3.42. The minimum absolute atomic E-state index is 0.608. The Balaban J connectivity index is 1.87. The summed E-state index contributed by atoms with van der Waals surface area (Å²) in [5.74, 6) is 0. The molecule has 2 rings (SSSR count). The van der Waals surface area contributed by atoms with Gasteiger partial charge in [0.2, 0.25) is 0 Å². The van der Waals surface area contributed by atoms with Crippen molar-refractivity contribution in [1.29, 1.82) is 0 Å². The van der Waals surface area contributed by atoms with Crippen molar-refractivity contribution >= 4 is 0 Å². The van der Waals surface area contributed by atoms with E-state index in [4.69, 9.17) is 0 Å². The highest BCUT2D eigenvalue weighted by atomic mass is 15.0. The zero-order chi connectivity index (χ0) is 10.7. The Labute approximate surface area is 92.9 Å². The molecule has 1 N–H and O–H groups in total. The molecule has 1 aromatic carbocycles. The van der Waals surface area contributed by atoms with Crippen LogP contribution in [0.1, 0.15) is 37.3 Å². The van der Waals surface area contributed by atoms with Crippen LogP contribution >= 0.6 is 0 Å². The van der Waals surface area contributed by atoms with Gasteiger partial charge in [-0.15, -0.1) is 0 Å². The molecule has 0 amide bonds. The quantitative estimate of drug-likeness (QED) is 0.793. The first-order valence-electron chi connectivity index (χ1n) is 6.06. The van der Waals surface area contributed by atoms with Gasteiger partial charge in [0.15, 0.2) is 0 Å². The van der Waals surface area contributed by atoms with E-state index >= 15 is 0 Å². The maximum Gasteiger partial charge on any atom is 0.00818 e. The molecule has 1 aliphatic carbocycles. The molecule has 0 heterocycles. The monoisotopic (exact) mass is 203 g/mol. The second-order valence-corrected chi connectivity index (χ2v) is 4.83. The van der Waals surface area contributed by atoms with Crippen molar-refractivity contribution in [3.63, 3.8) is 0 Å². The Morgan fingerprint density at radius 3 is 2.67 bits per heavy atom. The van der Waals surface area contributed by atoms with E-state index in [9.17, 15) is 0 Å². The molecular formula is C14H21N. The van der Waals surface area contributed by atoms with Crippen LogP contribution in [0.4, 0.5) is 0 Å². The molecule has 0 aliphatic heterocycles. The van der Waals surface area contributed by atoms with Gasteiger partial charge in [0.25, 0.3) is 0 Å². The number of rotatable bonds is 4. The van der Waals surface area contributed by atoms with Crippen molar-refractivity contribution in [2.45, 2.75) is 51.6 Å². The van der Waals surface area contributed by atoms with Gasteiger partial charge in [-0.05, 0) is 44.2 Å². The Bertz CT molecular complexity index is 315. The van der Waals surface area contributed by atoms with Crippen LogP contribution in [-0.4, -0.2) is 12.1 Å². The molecule has 0 radical (unpaired) electrons. The van der Waals surface area contributed by atoms with Crippen molar-refractivity contribution in [2.24, 2.45) is 0 Å². The lowest BCUT2D eigenvalue weighted by atomic mass is 9.91. The Hall–Kier alpha value is -0.820. The summed E-state index contributed by atoms with van der Waals surface area (Å²) in [6, 6.07) is 10.1. The summed E-state index contributed by atoms with van der Waals surface area (Å²) in [6.45, 7) is 4.50. The lowest BCUT2D eigenvalue weighted by Crippen LogP contribution is -2.41. The van der Waals surface area contributed by atoms with Crippen molar-refractivity contribution in [3.8, 4) is 0 Å². The van der Waals surface area contributed by atoms with Gasteiger partial charge in [-0.25, -0.2) is 0 Å². The number of nitrogens with one attached hydrogen (secondary N) is 1. The van der Waals surface area contributed by atoms with Crippen molar-refractivity contribution < 1.29 is 0 Å². The zero-order valence-corrected chi connectivity index (χ0v) is 9.79. The molecule has 1 saturated carbocycles. The summed E-state index contributed by atoms with van der Waals surface area (Å²) in [7, 11) is 0. The van der Waals surface area contributed by atoms with Gasteiger partial charge in [-0.2, -0.15) is 0 Å². The molecule has 0 saturated heterocycles. The SMILES string of the molecule is Cc1ccccc1CC(C)NC1CCC1. The summed E-state index contributed by atoms with van der Waals surface area (Å²) in [5, 5.41) is 3.69. The smallest absolute Gasteiger partial charge is 0.00818 e. The summed E-state index contributed by atoms with van der Waals surface area (Å²) in [6.07, 6.45) is 5.31. The van der Waals surface area contributed by atoms with Gasteiger partial charge in [0, 0.05) is 12.1 Å². The van der Waals surface area contributed by atoms with E-state index in [0.29, 0.717) is 6.04 Å². The van der Waals surface area contributed by atoms with Crippen LogP contribution in [0.5, 0.6) is 0 Å². The molecule has 1 nitrogen and oxygen atoms in total. The molecule has 1 aliphatic rings. The van der Waals surface area contributed by atoms with Gasteiger partial charge < -0.3 is 5.32 Å². The van der Waals surface area contributed by atoms with Crippen LogP contribution in [0.2, 0.25) is 0 Å². The van der Waals surface area contributed by atoms with E-state index in [1.54, 1.807) is 0 Å². The van der Waals surface area contributed by atoms with Gasteiger partial charge in [-0.1, -0.05) is 30.7 Å². The first-order chi connectivity index (χ1) is 7.25. The van der Waals surface area contributed by atoms with Crippen molar-refractivity contribution in [1.82, 2.24) is 5.32 Å². The average Bonchev–Trinajstić information content (AvgIpc) is 2.16. The lowest BCUT2D eigenvalue weighted by molar-refractivity contribution is 0.310. The molecule has 0 aromatic heterocycles. The molecule has 0 spiro atoms. The van der Waals surface area contributed by atoms with E-state index in [0.717, 1.165) is 12.5 Å².